The van der Waals surface area contributed by atoms with Crippen LogP contribution in [0.1, 0.15) is 13.8 Å². The molecular formula is C9H11NO3. The molecule has 0 saturated carbocycles. The second kappa shape index (κ2) is 3.89. The van der Waals surface area contributed by atoms with Gasteiger partial charge >= 0.3 is 0 Å². The highest BCUT2D eigenvalue weighted by Gasteiger charge is 2.04. The first-order valence-corrected chi connectivity index (χ1v) is 3.96. The Labute approximate surface area is 76.1 Å². The van der Waals surface area contributed by atoms with E-state index in [1.54, 1.807) is 6.07 Å². The highest BCUT2D eigenvalue weighted by Crippen LogP contribution is 2.30. The molecule has 4 heteroatoms. The van der Waals surface area contributed by atoms with Crippen LogP contribution < -0.4 is 4.74 Å². The van der Waals surface area contributed by atoms with Gasteiger partial charge in [-0.25, -0.2) is 0 Å². The van der Waals surface area contributed by atoms with Crippen molar-refractivity contribution in [2.75, 3.05) is 0 Å². The molecule has 0 aliphatic rings. The molecule has 0 amide bonds. The molecular weight excluding hydrogens is 170 g/mol. The topological polar surface area (TPSA) is 58.9 Å². The lowest BCUT2D eigenvalue weighted by Gasteiger charge is -2.09. The van der Waals surface area contributed by atoms with E-state index in [1.165, 1.54) is 12.1 Å². The molecule has 0 saturated heterocycles. The number of nitrogens with zero attached hydrogens (tertiary/aromatic N) is 1. The maximum Gasteiger partial charge on any atom is 0.149 e. The lowest BCUT2D eigenvalue weighted by atomic mass is 10.3. The fourth-order valence-electron chi connectivity index (χ4n) is 0.926. The molecule has 13 heavy (non-hydrogen) atoms. The van der Waals surface area contributed by atoms with Gasteiger partial charge in [0.25, 0.3) is 0 Å². The zero-order chi connectivity index (χ0) is 9.84. The van der Waals surface area contributed by atoms with Crippen LogP contribution in [-0.2, 0) is 0 Å². The first kappa shape index (κ1) is 9.51. The Morgan fingerprint density at radius 3 is 2.62 bits per heavy atom. The van der Waals surface area contributed by atoms with Gasteiger partial charge in [0.1, 0.15) is 17.2 Å². The van der Waals surface area contributed by atoms with Crippen LogP contribution in [0.4, 0.5) is 5.69 Å². The van der Waals surface area contributed by atoms with Crippen molar-refractivity contribution in [2.45, 2.75) is 20.0 Å². The Balaban J connectivity index is 2.89. The molecule has 1 rings (SSSR count). The second-order valence-corrected chi connectivity index (χ2v) is 2.91. The molecule has 1 aromatic carbocycles. The number of ether oxygens (including phenoxy) is 1. The third-order valence-corrected chi connectivity index (χ3v) is 1.42. The molecule has 0 aliphatic heterocycles. The van der Waals surface area contributed by atoms with Crippen LogP contribution in [0.3, 0.4) is 0 Å². The minimum Gasteiger partial charge on any atom is -0.505 e. The summed E-state index contributed by atoms with van der Waals surface area (Å²) in [4.78, 5) is 10.1. The van der Waals surface area contributed by atoms with Gasteiger partial charge in [-0.3, -0.25) is 0 Å². The maximum absolute atomic E-state index is 10.1. The zero-order valence-corrected chi connectivity index (χ0v) is 7.52. The van der Waals surface area contributed by atoms with Crippen molar-refractivity contribution >= 4 is 5.69 Å². The number of rotatable bonds is 3. The monoisotopic (exact) mass is 181 g/mol. The summed E-state index contributed by atoms with van der Waals surface area (Å²) >= 11 is 0. The molecule has 0 unspecified atom stereocenters. The van der Waals surface area contributed by atoms with Gasteiger partial charge in [-0.2, -0.15) is 0 Å². The summed E-state index contributed by atoms with van der Waals surface area (Å²) in [6, 6.07) is 4.38. The predicted octanol–water partition coefficient (Wildman–Crippen LogP) is 2.58. The fourth-order valence-corrected chi connectivity index (χ4v) is 0.926. The molecule has 1 aromatic rings. The molecule has 0 bridgehead atoms. The standard InChI is InChI=1S/C9H11NO3/c1-6(2)13-7-3-4-8(10-12)9(11)5-7/h3-6,11H,1-2H3. The van der Waals surface area contributed by atoms with E-state index in [9.17, 15) is 10.0 Å². The predicted molar refractivity (Wildman–Crippen MR) is 49.3 cm³/mol. The second-order valence-electron chi connectivity index (χ2n) is 2.91. The van der Waals surface area contributed by atoms with Gasteiger partial charge in [-0.1, -0.05) is 0 Å². The summed E-state index contributed by atoms with van der Waals surface area (Å²) in [5.41, 5.74) is 0.0242. The highest BCUT2D eigenvalue weighted by molar-refractivity contribution is 5.53. The van der Waals surface area contributed by atoms with Gasteiger partial charge in [0.05, 0.1) is 6.10 Å². The Bertz CT molecular complexity index is 310. The van der Waals surface area contributed by atoms with E-state index in [1.807, 2.05) is 13.8 Å². The molecule has 0 heterocycles. The molecule has 0 aliphatic carbocycles. The summed E-state index contributed by atoms with van der Waals surface area (Å²) in [5.74, 6) is 0.369. The van der Waals surface area contributed by atoms with Crippen molar-refractivity contribution in [3.05, 3.63) is 23.1 Å². The van der Waals surface area contributed by atoms with Crippen LogP contribution in [0.2, 0.25) is 0 Å². The first-order valence-electron chi connectivity index (χ1n) is 3.96. The molecule has 4 nitrogen and oxygen atoms in total. The van der Waals surface area contributed by atoms with E-state index >= 15 is 0 Å². The number of hydrogen-bond donors (Lipinski definition) is 1. The van der Waals surface area contributed by atoms with E-state index in [-0.39, 0.29) is 17.5 Å². The van der Waals surface area contributed by atoms with Crippen molar-refractivity contribution in [1.29, 1.82) is 0 Å². The lowest BCUT2D eigenvalue weighted by Crippen LogP contribution is -2.04. The van der Waals surface area contributed by atoms with Crippen LogP contribution >= 0.6 is 0 Å². The molecule has 0 aromatic heterocycles. The first-order chi connectivity index (χ1) is 6.13. The van der Waals surface area contributed by atoms with Gasteiger partial charge in [0, 0.05) is 6.07 Å². The number of benzene rings is 1. The number of hydrogen-bond acceptors (Lipinski definition) is 4. The van der Waals surface area contributed by atoms with Gasteiger partial charge in [-0.05, 0) is 31.2 Å². The van der Waals surface area contributed by atoms with Gasteiger partial charge in [0.2, 0.25) is 0 Å². The third kappa shape index (κ3) is 2.43. The number of nitroso groups, excluding NO2 is 1. The van der Waals surface area contributed by atoms with E-state index in [0.717, 1.165) is 0 Å². The van der Waals surface area contributed by atoms with Crippen LogP contribution in [0.15, 0.2) is 23.4 Å². The lowest BCUT2D eigenvalue weighted by molar-refractivity contribution is 0.241. The number of phenolic OH excluding ortho intramolecular Hbond substituents is 1. The quantitative estimate of drug-likeness (QED) is 0.729. The normalized spacial score (nSPS) is 10.1. The Hall–Kier alpha value is -1.58. The van der Waals surface area contributed by atoms with E-state index in [0.29, 0.717) is 5.75 Å². The number of aromatic hydroxyl groups is 1. The summed E-state index contributed by atoms with van der Waals surface area (Å²) < 4.78 is 5.29. The van der Waals surface area contributed by atoms with Gasteiger partial charge < -0.3 is 9.84 Å². The summed E-state index contributed by atoms with van der Waals surface area (Å²) in [7, 11) is 0. The fraction of sp³-hybridized carbons (Fsp3) is 0.333. The average Bonchev–Trinajstić information content (AvgIpc) is 2.03. The van der Waals surface area contributed by atoms with Crippen LogP contribution in [-0.4, -0.2) is 11.2 Å². The van der Waals surface area contributed by atoms with E-state index < -0.39 is 0 Å². The van der Waals surface area contributed by atoms with Crippen molar-refractivity contribution in [3.63, 3.8) is 0 Å². The van der Waals surface area contributed by atoms with Gasteiger partial charge in [-0.15, -0.1) is 4.91 Å². The van der Waals surface area contributed by atoms with Crippen LogP contribution in [0.5, 0.6) is 11.5 Å². The van der Waals surface area contributed by atoms with Crippen molar-refractivity contribution in [3.8, 4) is 11.5 Å². The molecule has 1 N–H and O–H groups in total. The van der Waals surface area contributed by atoms with E-state index in [4.69, 9.17) is 4.74 Å². The average molecular weight is 181 g/mol. The molecule has 0 radical (unpaired) electrons. The minimum atomic E-state index is -0.159. The van der Waals surface area contributed by atoms with Crippen molar-refractivity contribution in [1.82, 2.24) is 0 Å². The Morgan fingerprint density at radius 1 is 1.46 bits per heavy atom. The SMILES string of the molecule is CC(C)Oc1ccc(N=O)c(O)c1. The highest BCUT2D eigenvalue weighted by atomic mass is 16.5. The van der Waals surface area contributed by atoms with Crippen molar-refractivity contribution < 1.29 is 9.84 Å². The van der Waals surface area contributed by atoms with Crippen molar-refractivity contribution in [2.24, 2.45) is 5.18 Å². The minimum absolute atomic E-state index is 0.0242. The molecule has 70 valence electrons. The summed E-state index contributed by atoms with van der Waals surface area (Å²) in [5, 5.41) is 11.9. The third-order valence-electron chi connectivity index (χ3n) is 1.42. The molecule has 0 fully saturated rings. The summed E-state index contributed by atoms with van der Waals surface area (Å²) in [6.45, 7) is 3.76. The Kier molecular flexibility index (Phi) is 2.84. The largest absolute Gasteiger partial charge is 0.505 e. The van der Waals surface area contributed by atoms with Gasteiger partial charge in [0.15, 0.2) is 0 Å². The zero-order valence-electron chi connectivity index (χ0n) is 7.52. The van der Waals surface area contributed by atoms with Crippen LogP contribution in [0.25, 0.3) is 0 Å². The van der Waals surface area contributed by atoms with Crippen LogP contribution in [0, 0.1) is 4.91 Å². The maximum atomic E-state index is 10.1. The smallest absolute Gasteiger partial charge is 0.149 e. The summed E-state index contributed by atoms with van der Waals surface area (Å²) in [6.07, 6.45) is 0.0365. The Morgan fingerprint density at radius 2 is 2.15 bits per heavy atom. The number of phenols is 1. The van der Waals surface area contributed by atoms with E-state index in [2.05, 4.69) is 5.18 Å². The molecule has 0 atom stereocenters. The molecule has 0 spiro atoms.